The molecule has 0 atom stereocenters. The van der Waals surface area contributed by atoms with E-state index in [1.165, 1.54) is 12.8 Å². The third-order valence-corrected chi connectivity index (χ3v) is 4.01. The Labute approximate surface area is 117 Å². The molecule has 1 aliphatic rings. The molecular weight excluding hydrogens is 290 g/mol. The highest BCUT2D eigenvalue weighted by Gasteiger charge is 2.26. The van der Waals surface area contributed by atoms with Gasteiger partial charge in [-0.05, 0) is 49.5 Å². The first kappa shape index (κ1) is 13.4. The van der Waals surface area contributed by atoms with E-state index in [0.29, 0.717) is 11.0 Å². The maximum absolute atomic E-state index is 8.95. The van der Waals surface area contributed by atoms with E-state index in [2.05, 4.69) is 39.6 Å². The molecule has 1 saturated heterocycles. The zero-order chi connectivity index (χ0) is 13.0. The molecule has 0 bridgehead atoms. The van der Waals surface area contributed by atoms with E-state index in [9.17, 15) is 0 Å². The molecule has 96 valence electrons. The van der Waals surface area contributed by atoms with Crippen LogP contribution >= 0.6 is 15.9 Å². The second-order valence-corrected chi connectivity index (χ2v) is 6.17. The number of nitriles is 1. The lowest BCUT2D eigenvalue weighted by Gasteiger charge is -2.34. The number of nitrogens with zero attached hydrogens (tertiary/aromatic N) is 1. The van der Waals surface area contributed by atoms with Crippen LogP contribution in [0.2, 0.25) is 0 Å². The summed E-state index contributed by atoms with van der Waals surface area (Å²) in [5, 5.41) is 15.8. The highest BCUT2D eigenvalue weighted by Crippen LogP contribution is 2.29. The number of hydrogen-bond acceptors (Lipinski definition) is 3. The third-order valence-electron chi connectivity index (χ3n) is 3.56. The molecule has 3 nitrogen and oxygen atoms in total. The SMILES string of the molecule is CC1(CNc2cc(Br)cc(C#N)c2)CCNCC1. The van der Waals surface area contributed by atoms with Crippen LogP contribution in [0.4, 0.5) is 5.69 Å². The van der Waals surface area contributed by atoms with E-state index in [-0.39, 0.29) is 0 Å². The van der Waals surface area contributed by atoms with Crippen LogP contribution in [-0.2, 0) is 0 Å². The molecule has 0 saturated carbocycles. The number of piperidine rings is 1. The smallest absolute Gasteiger partial charge is 0.0992 e. The van der Waals surface area contributed by atoms with Crippen LogP contribution in [0.1, 0.15) is 25.3 Å². The summed E-state index contributed by atoms with van der Waals surface area (Å²) in [6.07, 6.45) is 2.39. The number of rotatable bonds is 3. The minimum absolute atomic E-state index is 0.348. The molecule has 2 N–H and O–H groups in total. The molecule has 0 amide bonds. The number of hydrogen-bond donors (Lipinski definition) is 2. The van der Waals surface area contributed by atoms with Crippen LogP contribution in [0.25, 0.3) is 0 Å². The topological polar surface area (TPSA) is 47.9 Å². The molecule has 1 aromatic rings. The van der Waals surface area contributed by atoms with Crippen LogP contribution in [0.5, 0.6) is 0 Å². The normalized spacial score (nSPS) is 18.1. The highest BCUT2D eigenvalue weighted by atomic mass is 79.9. The first-order valence-electron chi connectivity index (χ1n) is 6.27. The first-order valence-corrected chi connectivity index (χ1v) is 7.06. The minimum Gasteiger partial charge on any atom is -0.384 e. The van der Waals surface area contributed by atoms with E-state index in [1.54, 1.807) is 0 Å². The van der Waals surface area contributed by atoms with Crippen LogP contribution in [0, 0.1) is 16.7 Å². The summed E-state index contributed by atoms with van der Waals surface area (Å²) in [7, 11) is 0. The van der Waals surface area contributed by atoms with Crippen LogP contribution < -0.4 is 10.6 Å². The third kappa shape index (κ3) is 3.47. The summed E-state index contributed by atoms with van der Waals surface area (Å²) in [6, 6.07) is 7.92. The predicted octanol–water partition coefficient (Wildman–Crippen LogP) is 3.12. The predicted molar refractivity (Wildman–Crippen MR) is 77.6 cm³/mol. The van der Waals surface area contributed by atoms with Crippen molar-refractivity contribution in [3.05, 3.63) is 28.2 Å². The molecule has 2 rings (SSSR count). The lowest BCUT2D eigenvalue weighted by molar-refractivity contribution is 0.247. The maximum atomic E-state index is 8.95. The van der Waals surface area contributed by atoms with Crippen molar-refractivity contribution in [2.24, 2.45) is 5.41 Å². The van der Waals surface area contributed by atoms with Crippen molar-refractivity contribution in [2.75, 3.05) is 25.0 Å². The lowest BCUT2D eigenvalue weighted by Crippen LogP contribution is -2.39. The second-order valence-electron chi connectivity index (χ2n) is 5.25. The number of halogens is 1. The fourth-order valence-corrected chi connectivity index (χ4v) is 2.77. The van der Waals surface area contributed by atoms with Gasteiger partial charge in [0.05, 0.1) is 11.6 Å². The molecule has 0 spiro atoms. The summed E-state index contributed by atoms with van der Waals surface area (Å²) in [5.74, 6) is 0. The zero-order valence-electron chi connectivity index (χ0n) is 10.6. The molecule has 18 heavy (non-hydrogen) atoms. The van der Waals surface area contributed by atoms with Gasteiger partial charge in [0.1, 0.15) is 0 Å². The second kappa shape index (κ2) is 5.73. The fraction of sp³-hybridized carbons (Fsp3) is 0.500. The van der Waals surface area contributed by atoms with Crippen molar-refractivity contribution in [1.82, 2.24) is 5.32 Å². The molecule has 1 aromatic carbocycles. The van der Waals surface area contributed by atoms with Gasteiger partial charge in [-0.25, -0.2) is 0 Å². The Kier molecular flexibility index (Phi) is 4.26. The van der Waals surface area contributed by atoms with Crippen molar-refractivity contribution in [2.45, 2.75) is 19.8 Å². The highest BCUT2D eigenvalue weighted by molar-refractivity contribution is 9.10. The summed E-state index contributed by atoms with van der Waals surface area (Å²) in [6.45, 7) is 5.47. The van der Waals surface area contributed by atoms with Crippen molar-refractivity contribution in [3.63, 3.8) is 0 Å². The summed E-state index contributed by atoms with van der Waals surface area (Å²) in [5.41, 5.74) is 2.04. The van der Waals surface area contributed by atoms with Gasteiger partial charge in [0.25, 0.3) is 0 Å². The maximum Gasteiger partial charge on any atom is 0.0992 e. The van der Waals surface area contributed by atoms with Gasteiger partial charge in [0, 0.05) is 16.7 Å². The Balaban J connectivity index is 2.01. The number of benzene rings is 1. The molecular formula is C14H18BrN3. The summed E-state index contributed by atoms with van der Waals surface area (Å²) in [4.78, 5) is 0. The van der Waals surface area contributed by atoms with Gasteiger partial charge in [0.15, 0.2) is 0 Å². The molecule has 0 aromatic heterocycles. The van der Waals surface area contributed by atoms with Crippen LogP contribution in [0.15, 0.2) is 22.7 Å². The molecule has 4 heteroatoms. The monoisotopic (exact) mass is 307 g/mol. The first-order chi connectivity index (χ1) is 8.61. The molecule has 1 heterocycles. The standard InChI is InChI=1S/C14H18BrN3/c1-14(2-4-17-5-3-14)10-18-13-7-11(9-16)6-12(15)8-13/h6-8,17-18H,2-5,10H2,1H3. The van der Waals surface area contributed by atoms with Gasteiger partial charge in [-0.1, -0.05) is 22.9 Å². The number of anilines is 1. The average Bonchev–Trinajstić information content (AvgIpc) is 2.37. The van der Waals surface area contributed by atoms with Crippen molar-refractivity contribution in [1.29, 1.82) is 5.26 Å². The van der Waals surface area contributed by atoms with Gasteiger partial charge in [0.2, 0.25) is 0 Å². The van der Waals surface area contributed by atoms with Crippen LogP contribution in [0.3, 0.4) is 0 Å². The Hall–Kier alpha value is -1.05. The fourth-order valence-electron chi connectivity index (χ4n) is 2.28. The average molecular weight is 308 g/mol. The zero-order valence-corrected chi connectivity index (χ0v) is 12.2. The van der Waals surface area contributed by atoms with E-state index < -0.39 is 0 Å². The van der Waals surface area contributed by atoms with E-state index in [1.807, 2.05) is 18.2 Å². The summed E-state index contributed by atoms with van der Waals surface area (Å²) < 4.78 is 0.944. The van der Waals surface area contributed by atoms with Crippen molar-refractivity contribution >= 4 is 21.6 Å². The van der Waals surface area contributed by atoms with Crippen LogP contribution in [-0.4, -0.2) is 19.6 Å². The molecule has 1 aliphatic heterocycles. The Morgan fingerprint density at radius 2 is 2.11 bits per heavy atom. The minimum atomic E-state index is 0.348. The Morgan fingerprint density at radius 3 is 2.78 bits per heavy atom. The summed E-state index contributed by atoms with van der Waals surface area (Å²) >= 11 is 3.43. The number of nitrogens with one attached hydrogen (secondary N) is 2. The Bertz CT molecular complexity index is 459. The van der Waals surface area contributed by atoms with Gasteiger partial charge in [-0.3, -0.25) is 0 Å². The van der Waals surface area contributed by atoms with E-state index in [4.69, 9.17) is 5.26 Å². The largest absolute Gasteiger partial charge is 0.384 e. The molecule has 1 fully saturated rings. The van der Waals surface area contributed by atoms with Gasteiger partial charge in [-0.2, -0.15) is 5.26 Å². The van der Waals surface area contributed by atoms with E-state index in [0.717, 1.165) is 29.8 Å². The molecule has 0 radical (unpaired) electrons. The molecule has 0 unspecified atom stereocenters. The lowest BCUT2D eigenvalue weighted by atomic mass is 9.81. The van der Waals surface area contributed by atoms with Gasteiger partial charge in [-0.15, -0.1) is 0 Å². The van der Waals surface area contributed by atoms with Crippen molar-refractivity contribution < 1.29 is 0 Å². The quantitative estimate of drug-likeness (QED) is 0.902. The van der Waals surface area contributed by atoms with E-state index >= 15 is 0 Å². The van der Waals surface area contributed by atoms with Gasteiger partial charge >= 0.3 is 0 Å². The molecule has 0 aliphatic carbocycles. The van der Waals surface area contributed by atoms with Gasteiger partial charge < -0.3 is 10.6 Å². The van der Waals surface area contributed by atoms with Crippen molar-refractivity contribution in [3.8, 4) is 6.07 Å². The Morgan fingerprint density at radius 1 is 1.39 bits per heavy atom.